The van der Waals surface area contributed by atoms with E-state index in [-0.39, 0.29) is 0 Å². The van der Waals surface area contributed by atoms with Gasteiger partial charge in [0.15, 0.2) is 0 Å². The van der Waals surface area contributed by atoms with Crippen molar-refractivity contribution in [1.29, 1.82) is 0 Å². The largest absolute Gasteiger partial charge is 0.381 e. The number of hydrazine groups is 1. The minimum atomic E-state index is 0.335. The summed E-state index contributed by atoms with van der Waals surface area (Å²) in [6.07, 6.45) is 8.09. The Balaban J connectivity index is 1.83. The molecule has 2 rings (SSSR count). The van der Waals surface area contributed by atoms with Crippen molar-refractivity contribution >= 4 is 0 Å². The van der Waals surface area contributed by atoms with Gasteiger partial charge in [-0.1, -0.05) is 6.07 Å². The van der Waals surface area contributed by atoms with Crippen LogP contribution in [0.25, 0.3) is 0 Å². The van der Waals surface area contributed by atoms with Gasteiger partial charge in [-0.15, -0.1) is 0 Å². The van der Waals surface area contributed by atoms with Gasteiger partial charge in [-0.3, -0.25) is 16.3 Å². The zero-order valence-corrected chi connectivity index (χ0v) is 10.1. The summed E-state index contributed by atoms with van der Waals surface area (Å²) in [7, 11) is 0. The maximum Gasteiger partial charge on any atom is 0.0468 e. The second kappa shape index (κ2) is 6.69. The lowest BCUT2D eigenvalue weighted by Gasteiger charge is -2.26. The third-order valence-electron chi connectivity index (χ3n) is 3.40. The van der Waals surface area contributed by atoms with Gasteiger partial charge < -0.3 is 4.74 Å². The lowest BCUT2D eigenvalue weighted by Crippen LogP contribution is -2.39. The summed E-state index contributed by atoms with van der Waals surface area (Å²) < 4.78 is 5.37. The molecule has 1 aliphatic heterocycles. The van der Waals surface area contributed by atoms with E-state index >= 15 is 0 Å². The molecule has 2 heterocycles. The molecule has 94 valence electrons. The van der Waals surface area contributed by atoms with E-state index in [1.165, 1.54) is 5.56 Å². The van der Waals surface area contributed by atoms with Crippen LogP contribution in [0.1, 0.15) is 24.8 Å². The maximum atomic E-state index is 5.64. The van der Waals surface area contributed by atoms with E-state index in [4.69, 9.17) is 10.6 Å². The van der Waals surface area contributed by atoms with Crippen LogP contribution < -0.4 is 11.3 Å². The molecule has 4 heteroatoms. The molecule has 0 spiro atoms. The van der Waals surface area contributed by atoms with Crippen LogP contribution in [0, 0.1) is 5.92 Å². The Labute approximate surface area is 103 Å². The first-order valence-corrected chi connectivity index (χ1v) is 6.31. The zero-order valence-electron chi connectivity index (χ0n) is 10.1. The van der Waals surface area contributed by atoms with Gasteiger partial charge in [-0.25, -0.2) is 0 Å². The van der Waals surface area contributed by atoms with E-state index in [0.29, 0.717) is 6.04 Å². The highest BCUT2D eigenvalue weighted by molar-refractivity contribution is 5.10. The Morgan fingerprint density at radius 1 is 1.47 bits per heavy atom. The molecule has 0 amide bonds. The van der Waals surface area contributed by atoms with Crippen LogP contribution in [-0.2, 0) is 11.2 Å². The van der Waals surface area contributed by atoms with Crippen molar-refractivity contribution in [2.24, 2.45) is 11.8 Å². The fourth-order valence-corrected chi connectivity index (χ4v) is 2.40. The second-order valence-electron chi connectivity index (χ2n) is 4.72. The van der Waals surface area contributed by atoms with Crippen molar-refractivity contribution in [2.75, 3.05) is 13.2 Å². The van der Waals surface area contributed by atoms with Crippen molar-refractivity contribution in [3.05, 3.63) is 30.1 Å². The molecular weight excluding hydrogens is 214 g/mol. The summed E-state index contributed by atoms with van der Waals surface area (Å²) >= 11 is 0. The van der Waals surface area contributed by atoms with Crippen molar-refractivity contribution in [3.63, 3.8) is 0 Å². The minimum absolute atomic E-state index is 0.335. The summed E-state index contributed by atoms with van der Waals surface area (Å²) in [5, 5.41) is 0. The SMILES string of the molecule is NNC(Cc1cccnc1)CC1CCOCC1. The molecular formula is C13H21N3O. The van der Waals surface area contributed by atoms with Crippen LogP contribution in [0.3, 0.4) is 0 Å². The van der Waals surface area contributed by atoms with Crippen LogP contribution in [0.4, 0.5) is 0 Å². The smallest absolute Gasteiger partial charge is 0.0468 e. The third-order valence-corrected chi connectivity index (χ3v) is 3.40. The van der Waals surface area contributed by atoms with Gasteiger partial charge in [0.25, 0.3) is 0 Å². The number of pyridine rings is 1. The molecule has 1 aliphatic rings. The number of hydrogen-bond acceptors (Lipinski definition) is 4. The fourth-order valence-electron chi connectivity index (χ4n) is 2.40. The summed E-state index contributed by atoms with van der Waals surface area (Å²) in [5.41, 5.74) is 4.17. The molecule has 0 aromatic carbocycles. The van der Waals surface area contributed by atoms with Crippen LogP contribution >= 0.6 is 0 Å². The van der Waals surface area contributed by atoms with Gasteiger partial charge in [0, 0.05) is 31.6 Å². The molecule has 0 saturated carbocycles. The molecule has 1 atom stereocenters. The van der Waals surface area contributed by atoms with E-state index in [2.05, 4.69) is 16.5 Å². The van der Waals surface area contributed by atoms with Crippen LogP contribution in [0.5, 0.6) is 0 Å². The Morgan fingerprint density at radius 2 is 2.29 bits per heavy atom. The first-order valence-electron chi connectivity index (χ1n) is 6.31. The van der Waals surface area contributed by atoms with Crippen molar-refractivity contribution in [1.82, 2.24) is 10.4 Å². The van der Waals surface area contributed by atoms with E-state index in [1.54, 1.807) is 6.20 Å². The topological polar surface area (TPSA) is 60.2 Å². The number of ether oxygens (including phenoxy) is 1. The highest BCUT2D eigenvalue weighted by atomic mass is 16.5. The van der Waals surface area contributed by atoms with Crippen molar-refractivity contribution < 1.29 is 4.74 Å². The minimum Gasteiger partial charge on any atom is -0.381 e. The Morgan fingerprint density at radius 3 is 2.94 bits per heavy atom. The highest BCUT2D eigenvalue weighted by Gasteiger charge is 2.18. The highest BCUT2D eigenvalue weighted by Crippen LogP contribution is 2.21. The predicted molar refractivity (Wildman–Crippen MR) is 67.2 cm³/mol. The first-order chi connectivity index (χ1) is 8.38. The number of nitrogens with two attached hydrogens (primary N) is 1. The number of nitrogens with zero attached hydrogens (tertiary/aromatic N) is 1. The molecule has 1 aromatic heterocycles. The predicted octanol–water partition coefficient (Wildman–Crippen LogP) is 1.27. The number of nitrogens with one attached hydrogen (secondary N) is 1. The van der Waals surface area contributed by atoms with Gasteiger partial charge in [0.1, 0.15) is 0 Å². The lowest BCUT2D eigenvalue weighted by atomic mass is 9.90. The molecule has 1 fully saturated rings. The van der Waals surface area contributed by atoms with Crippen LogP contribution in [-0.4, -0.2) is 24.2 Å². The molecule has 0 radical (unpaired) electrons. The number of aromatic nitrogens is 1. The number of rotatable bonds is 5. The molecule has 17 heavy (non-hydrogen) atoms. The van der Waals surface area contributed by atoms with Gasteiger partial charge in [0.2, 0.25) is 0 Å². The van der Waals surface area contributed by atoms with E-state index in [1.807, 2.05) is 12.3 Å². The summed E-state index contributed by atoms with van der Waals surface area (Å²) in [6, 6.07) is 4.40. The van der Waals surface area contributed by atoms with E-state index < -0.39 is 0 Å². The second-order valence-corrected chi connectivity index (χ2v) is 4.72. The summed E-state index contributed by atoms with van der Waals surface area (Å²) in [6.45, 7) is 1.80. The monoisotopic (exact) mass is 235 g/mol. The normalized spacial score (nSPS) is 19.1. The molecule has 0 aliphatic carbocycles. The zero-order chi connectivity index (χ0) is 11.9. The molecule has 1 aromatic rings. The molecule has 4 nitrogen and oxygen atoms in total. The van der Waals surface area contributed by atoms with Crippen LogP contribution in [0.15, 0.2) is 24.5 Å². The van der Waals surface area contributed by atoms with Gasteiger partial charge in [-0.2, -0.15) is 0 Å². The van der Waals surface area contributed by atoms with Crippen LogP contribution in [0.2, 0.25) is 0 Å². The first kappa shape index (κ1) is 12.5. The Bertz CT molecular complexity index is 312. The molecule has 0 bridgehead atoms. The average Bonchev–Trinajstić information content (AvgIpc) is 2.40. The molecule has 3 N–H and O–H groups in total. The Hall–Kier alpha value is -0.970. The van der Waals surface area contributed by atoms with Crippen molar-refractivity contribution in [3.8, 4) is 0 Å². The standard InChI is InChI=1S/C13H21N3O/c14-16-13(8-11-3-6-17-7-4-11)9-12-2-1-5-15-10-12/h1-2,5,10-11,13,16H,3-4,6-9,14H2. The van der Waals surface area contributed by atoms with Gasteiger partial charge in [0.05, 0.1) is 0 Å². The van der Waals surface area contributed by atoms with E-state index in [0.717, 1.165) is 44.8 Å². The summed E-state index contributed by atoms with van der Waals surface area (Å²) in [4.78, 5) is 4.13. The summed E-state index contributed by atoms with van der Waals surface area (Å²) in [5.74, 6) is 6.37. The molecule has 1 saturated heterocycles. The van der Waals surface area contributed by atoms with Gasteiger partial charge >= 0.3 is 0 Å². The quantitative estimate of drug-likeness (QED) is 0.596. The third kappa shape index (κ3) is 4.07. The average molecular weight is 235 g/mol. The number of hydrogen-bond donors (Lipinski definition) is 2. The van der Waals surface area contributed by atoms with Crippen molar-refractivity contribution in [2.45, 2.75) is 31.7 Å². The fraction of sp³-hybridized carbons (Fsp3) is 0.615. The van der Waals surface area contributed by atoms with Gasteiger partial charge in [-0.05, 0) is 43.2 Å². The Kier molecular flexibility index (Phi) is 4.91. The lowest BCUT2D eigenvalue weighted by molar-refractivity contribution is 0.0605. The molecule has 1 unspecified atom stereocenters. The maximum absolute atomic E-state index is 5.64. The van der Waals surface area contributed by atoms with E-state index in [9.17, 15) is 0 Å².